The number of anilines is 1. The number of fused-ring (bicyclic) bond motifs is 1. The smallest absolute Gasteiger partial charge is 0.269 e. The van der Waals surface area contributed by atoms with Gasteiger partial charge in [-0.3, -0.25) is 14.9 Å². The highest BCUT2D eigenvalue weighted by Gasteiger charge is 2.43. The van der Waals surface area contributed by atoms with Gasteiger partial charge in [0, 0.05) is 28.6 Å². The van der Waals surface area contributed by atoms with Gasteiger partial charge in [-0.25, -0.2) is 0 Å². The van der Waals surface area contributed by atoms with Crippen molar-refractivity contribution < 1.29 is 14.5 Å². The summed E-state index contributed by atoms with van der Waals surface area (Å²) < 4.78 is 5.73. The molecule has 0 radical (unpaired) electrons. The summed E-state index contributed by atoms with van der Waals surface area (Å²) in [6, 6.07) is 18.0. The Hall–Kier alpha value is -3.41. The number of nitro groups is 1. The zero-order valence-electron chi connectivity index (χ0n) is 16.9. The Kier molecular flexibility index (Phi) is 5.40. The molecule has 154 valence electrons. The minimum atomic E-state index is -0.672. The Morgan fingerprint density at radius 2 is 1.70 bits per heavy atom. The first-order valence-corrected chi connectivity index (χ1v) is 10.3. The van der Waals surface area contributed by atoms with E-state index in [0.29, 0.717) is 6.61 Å². The Morgan fingerprint density at radius 1 is 1.03 bits per heavy atom. The van der Waals surface area contributed by atoms with Gasteiger partial charge in [0.25, 0.3) is 5.69 Å². The van der Waals surface area contributed by atoms with Crippen molar-refractivity contribution >= 4 is 28.1 Å². The van der Waals surface area contributed by atoms with Gasteiger partial charge in [0.15, 0.2) is 0 Å². The molecule has 0 aliphatic heterocycles. The topological polar surface area (TPSA) is 81.5 Å². The normalized spacial score (nSPS) is 15.1. The van der Waals surface area contributed by atoms with Gasteiger partial charge >= 0.3 is 0 Å². The molecular formula is C24H24N2O4. The Morgan fingerprint density at radius 3 is 2.33 bits per heavy atom. The number of hydrogen-bond acceptors (Lipinski definition) is 4. The first-order valence-electron chi connectivity index (χ1n) is 10.3. The first kappa shape index (κ1) is 19.9. The molecule has 1 aliphatic carbocycles. The molecule has 4 rings (SSSR count). The largest absolute Gasteiger partial charge is 0.493 e. The third-order valence-corrected chi connectivity index (χ3v) is 5.95. The van der Waals surface area contributed by atoms with Crippen LogP contribution in [0.15, 0.2) is 60.7 Å². The van der Waals surface area contributed by atoms with Gasteiger partial charge in [-0.1, -0.05) is 49.2 Å². The van der Waals surface area contributed by atoms with Crippen LogP contribution in [0, 0.1) is 10.1 Å². The van der Waals surface area contributed by atoms with Crippen LogP contribution in [0.3, 0.4) is 0 Å². The fourth-order valence-corrected chi connectivity index (χ4v) is 4.43. The molecule has 3 aromatic rings. The minimum absolute atomic E-state index is 0.0322. The molecule has 1 fully saturated rings. The molecule has 6 heteroatoms. The molecule has 0 aromatic heterocycles. The van der Waals surface area contributed by atoms with E-state index < -0.39 is 10.3 Å². The average molecular weight is 404 g/mol. The molecule has 0 bridgehead atoms. The lowest BCUT2D eigenvalue weighted by molar-refractivity contribution is -0.384. The summed E-state index contributed by atoms with van der Waals surface area (Å²) in [6.07, 6.45) is 3.36. The number of rotatable bonds is 6. The second-order valence-electron chi connectivity index (χ2n) is 7.64. The van der Waals surface area contributed by atoms with Gasteiger partial charge in [-0.05, 0) is 37.5 Å². The summed E-state index contributed by atoms with van der Waals surface area (Å²) in [5.41, 5.74) is 0.935. The van der Waals surface area contributed by atoms with Crippen molar-refractivity contribution in [3.63, 3.8) is 0 Å². The number of benzene rings is 3. The van der Waals surface area contributed by atoms with E-state index in [1.165, 1.54) is 12.1 Å². The zero-order chi connectivity index (χ0) is 21.1. The fraction of sp³-hybridized carbons (Fsp3) is 0.292. The van der Waals surface area contributed by atoms with Gasteiger partial charge in [-0.2, -0.15) is 0 Å². The number of nitrogens with zero attached hydrogens (tertiary/aromatic N) is 1. The van der Waals surface area contributed by atoms with Crippen LogP contribution < -0.4 is 10.1 Å². The lowest BCUT2D eigenvalue weighted by Gasteiger charge is -2.28. The monoisotopic (exact) mass is 404 g/mol. The van der Waals surface area contributed by atoms with Crippen LogP contribution in [0.5, 0.6) is 5.75 Å². The van der Waals surface area contributed by atoms with Gasteiger partial charge in [0.05, 0.1) is 16.9 Å². The second-order valence-corrected chi connectivity index (χ2v) is 7.64. The zero-order valence-corrected chi connectivity index (χ0v) is 16.9. The Bertz CT molecular complexity index is 1090. The summed E-state index contributed by atoms with van der Waals surface area (Å²) >= 11 is 0. The van der Waals surface area contributed by atoms with E-state index in [1.807, 2.05) is 43.3 Å². The number of ether oxygens (including phenoxy) is 1. The maximum Gasteiger partial charge on any atom is 0.269 e. The maximum atomic E-state index is 13.5. The quantitative estimate of drug-likeness (QED) is 0.428. The van der Waals surface area contributed by atoms with Gasteiger partial charge in [0.2, 0.25) is 5.91 Å². The molecule has 3 aromatic carbocycles. The lowest BCUT2D eigenvalue weighted by Crippen LogP contribution is -2.38. The van der Waals surface area contributed by atoms with Crippen LogP contribution in [-0.4, -0.2) is 17.4 Å². The third kappa shape index (κ3) is 3.49. The summed E-state index contributed by atoms with van der Waals surface area (Å²) in [7, 11) is 0. The molecule has 0 spiro atoms. The van der Waals surface area contributed by atoms with E-state index in [-0.39, 0.29) is 11.6 Å². The molecule has 0 saturated heterocycles. The van der Waals surface area contributed by atoms with E-state index in [4.69, 9.17) is 4.74 Å². The van der Waals surface area contributed by atoms with Crippen LogP contribution in [-0.2, 0) is 10.2 Å². The van der Waals surface area contributed by atoms with E-state index in [1.54, 1.807) is 12.1 Å². The highest BCUT2D eigenvalue weighted by molar-refractivity contribution is 6.07. The average Bonchev–Trinajstić information content (AvgIpc) is 3.27. The number of nitrogens with one attached hydrogen (secondary N) is 1. The van der Waals surface area contributed by atoms with Crippen molar-refractivity contribution in [3.05, 3.63) is 76.3 Å². The van der Waals surface area contributed by atoms with Crippen LogP contribution in [0.25, 0.3) is 10.8 Å². The lowest BCUT2D eigenvalue weighted by atomic mass is 9.78. The standard InChI is InChI=1S/C24H24N2O4/c1-2-30-22-14-13-21(19-7-3-4-8-20(19)22)25-23(27)24(15-5-6-16-24)17-9-11-18(12-10-17)26(28)29/h3-4,7-14H,2,5-6,15-16H2,1H3,(H,25,27). The van der Waals surface area contributed by atoms with Crippen molar-refractivity contribution in [2.75, 3.05) is 11.9 Å². The number of nitro benzene ring substituents is 1. The van der Waals surface area contributed by atoms with E-state index in [2.05, 4.69) is 5.32 Å². The molecule has 1 aliphatic rings. The van der Waals surface area contributed by atoms with Gasteiger partial charge in [-0.15, -0.1) is 0 Å². The predicted molar refractivity (Wildman–Crippen MR) is 117 cm³/mol. The molecule has 0 heterocycles. The molecule has 1 N–H and O–H groups in total. The SMILES string of the molecule is CCOc1ccc(NC(=O)C2(c3ccc([N+](=O)[O-])cc3)CCCC2)c2ccccc12. The predicted octanol–water partition coefficient (Wildman–Crippen LogP) is 5.60. The van der Waals surface area contributed by atoms with Crippen molar-refractivity contribution in [1.82, 2.24) is 0 Å². The number of carbonyl (C=O) groups is 1. The van der Waals surface area contributed by atoms with Crippen LogP contribution in [0.4, 0.5) is 11.4 Å². The minimum Gasteiger partial charge on any atom is -0.493 e. The molecule has 30 heavy (non-hydrogen) atoms. The van der Waals surface area contributed by atoms with Crippen molar-refractivity contribution in [3.8, 4) is 5.75 Å². The number of amides is 1. The summed E-state index contributed by atoms with van der Waals surface area (Å²) in [6.45, 7) is 2.51. The Labute approximate surface area is 175 Å². The van der Waals surface area contributed by atoms with Crippen LogP contribution in [0.2, 0.25) is 0 Å². The summed E-state index contributed by atoms with van der Waals surface area (Å²) in [4.78, 5) is 24.1. The van der Waals surface area contributed by atoms with Crippen LogP contribution in [0.1, 0.15) is 38.2 Å². The number of hydrogen-bond donors (Lipinski definition) is 1. The van der Waals surface area contributed by atoms with E-state index in [0.717, 1.165) is 53.5 Å². The molecule has 0 unspecified atom stereocenters. The fourth-order valence-electron chi connectivity index (χ4n) is 4.43. The first-order chi connectivity index (χ1) is 14.5. The maximum absolute atomic E-state index is 13.5. The number of non-ortho nitro benzene ring substituents is 1. The molecule has 0 atom stereocenters. The van der Waals surface area contributed by atoms with E-state index in [9.17, 15) is 14.9 Å². The van der Waals surface area contributed by atoms with Crippen LogP contribution >= 0.6 is 0 Å². The molecule has 1 saturated carbocycles. The summed E-state index contributed by atoms with van der Waals surface area (Å²) in [5.74, 6) is 0.722. The molecular weight excluding hydrogens is 380 g/mol. The third-order valence-electron chi connectivity index (χ3n) is 5.95. The van der Waals surface area contributed by atoms with Crippen molar-refractivity contribution in [2.24, 2.45) is 0 Å². The number of carbonyl (C=O) groups excluding carboxylic acids is 1. The van der Waals surface area contributed by atoms with Gasteiger partial charge < -0.3 is 10.1 Å². The molecule has 1 amide bonds. The Balaban J connectivity index is 1.69. The highest BCUT2D eigenvalue weighted by atomic mass is 16.6. The summed E-state index contributed by atoms with van der Waals surface area (Å²) in [5, 5.41) is 16.0. The van der Waals surface area contributed by atoms with Gasteiger partial charge in [0.1, 0.15) is 5.75 Å². The highest BCUT2D eigenvalue weighted by Crippen LogP contribution is 2.43. The second kappa shape index (κ2) is 8.14. The van der Waals surface area contributed by atoms with Crippen molar-refractivity contribution in [1.29, 1.82) is 0 Å². The van der Waals surface area contributed by atoms with E-state index >= 15 is 0 Å². The molecule has 6 nitrogen and oxygen atoms in total. The van der Waals surface area contributed by atoms with Crippen molar-refractivity contribution in [2.45, 2.75) is 38.0 Å².